The summed E-state index contributed by atoms with van der Waals surface area (Å²) >= 11 is 0. The number of ether oxygens (including phenoxy) is 1. The van der Waals surface area contributed by atoms with Crippen LogP contribution in [0.1, 0.15) is 38.0 Å². The van der Waals surface area contributed by atoms with Crippen LogP contribution in [0.3, 0.4) is 0 Å². The third-order valence-corrected chi connectivity index (χ3v) is 2.30. The second kappa shape index (κ2) is 5.28. The molecule has 0 amide bonds. The third kappa shape index (κ3) is 4.31. The molecule has 0 aliphatic carbocycles. The van der Waals surface area contributed by atoms with Crippen molar-refractivity contribution in [1.82, 2.24) is 0 Å². The first kappa shape index (κ1) is 15.0. The van der Waals surface area contributed by atoms with Crippen LogP contribution in [-0.2, 0) is 10.9 Å². The summed E-state index contributed by atoms with van der Waals surface area (Å²) in [6, 6.07) is 4.98. The summed E-state index contributed by atoms with van der Waals surface area (Å²) in [5.41, 5.74) is -1.49. The van der Waals surface area contributed by atoms with Crippen molar-refractivity contribution in [3.05, 3.63) is 35.4 Å². The van der Waals surface area contributed by atoms with Crippen molar-refractivity contribution in [2.75, 3.05) is 6.61 Å². The van der Waals surface area contributed by atoms with Gasteiger partial charge in [0.25, 0.3) is 0 Å². The average molecular weight is 262 g/mol. The van der Waals surface area contributed by atoms with Crippen molar-refractivity contribution in [1.29, 1.82) is 0 Å². The quantitative estimate of drug-likeness (QED) is 0.902. The molecule has 18 heavy (non-hydrogen) atoms. The molecule has 0 aliphatic heterocycles. The minimum absolute atomic E-state index is 0.158. The van der Waals surface area contributed by atoms with E-state index in [2.05, 4.69) is 0 Å². The zero-order valence-electron chi connectivity index (χ0n) is 10.6. The van der Waals surface area contributed by atoms with E-state index in [4.69, 9.17) is 4.74 Å². The Bertz CT molecular complexity index is 394. The molecule has 0 fully saturated rings. The highest BCUT2D eigenvalue weighted by atomic mass is 19.4. The minimum Gasteiger partial charge on any atom is -0.386 e. The Kier molecular flexibility index (Phi) is 4.40. The van der Waals surface area contributed by atoms with Crippen LogP contribution in [0.4, 0.5) is 13.2 Å². The molecule has 1 unspecified atom stereocenters. The van der Waals surface area contributed by atoms with Crippen LogP contribution in [0.5, 0.6) is 0 Å². The van der Waals surface area contributed by atoms with Gasteiger partial charge in [-0.05, 0) is 32.4 Å². The summed E-state index contributed by atoms with van der Waals surface area (Å²) in [7, 11) is 0. The van der Waals surface area contributed by atoms with E-state index in [1.54, 1.807) is 20.8 Å². The number of benzene rings is 1. The number of alkyl halides is 3. The lowest BCUT2D eigenvalue weighted by molar-refractivity contribution is -0.140. The fraction of sp³-hybridized carbons (Fsp3) is 0.538. The SMILES string of the molecule is CC(C)(C)OCC(O)c1ccccc1C(F)(F)F. The molecule has 1 N–H and O–H groups in total. The third-order valence-electron chi connectivity index (χ3n) is 2.30. The highest BCUT2D eigenvalue weighted by Gasteiger charge is 2.34. The van der Waals surface area contributed by atoms with Crippen molar-refractivity contribution in [3.63, 3.8) is 0 Å². The molecule has 0 radical (unpaired) electrons. The Labute approximate surface area is 104 Å². The summed E-state index contributed by atoms with van der Waals surface area (Å²) < 4.78 is 43.5. The highest BCUT2D eigenvalue weighted by Crippen LogP contribution is 2.34. The predicted molar refractivity (Wildman–Crippen MR) is 62.1 cm³/mol. The molecule has 1 rings (SSSR count). The van der Waals surface area contributed by atoms with Crippen molar-refractivity contribution >= 4 is 0 Å². The highest BCUT2D eigenvalue weighted by molar-refractivity contribution is 5.31. The molecular formula is C13H17F3O2. The van der Waals surface area contributed by atoms with Crippen LogP contribution in [0, 0.1) is 0 Å². The normalized spacial score (nSPS) is 14.6. The fourth-order valence-corrected chi connectivity index (χ4v) is 1.46. The number of rotatable bonds is 3. The van der Waals surface area contributed by atoms with E-state index in [1.165, 1.54) is 18.2 Å². The Balaban J connectivity index is 2.89. The van der Waals surface area contributed by atoms with Crippen LogP contribution in [0.15, 0.2) is 24.3 Å². The lowest BCUT2D eigenvalue weighted by atomic mass is 10.0. The summed E-state index contributed by atoms with van der Waals surface area (Å²) in [4.78, 5) is 0. The maximum atomic E-state index is 12.7. The smallest absolute Gasteiger partial charge is 0.386 e. The molecule has 0 saturated carbocycles. The molecule has 0 saturated heterocycles. The van der Waals surface area contributed by atoms with E-state index in [0.29, 0.717) is 0 Å². The van der Waals surface area contributed by atoms with Crippen LogP contribution < -0.4 is 0 Å². The molecule has 0 heterocycles. The minimum atomic E-state index is -4.47. The number of halogens is 3. The molecule has 0 aromatic heterocycles. The van der Waals surface area contributed by atoms with Crippen molar-refractivity contribution in [2.24, 2.45) is 0 Å². The largest absolute Gasteiger partial charge is 0.416 e. The monoisotopic (exact) mass is 262 g/mol. The molecule has 0 spiro atoms. The summed E-state index contributed by atoms with van der Waals surface area (Å²) in [5.74, 6) is 0. The Morgan fingerprint density at radius 2 is 1.72 bits per heavy atom. The zero-order valence-corrected chi connectivity index (χ0v) is 10.6. The van der Waals surface area contributed by atoms with Gasteiger partial charge in [-0.25, -0.2) is 0 Å². The zero-order chi connectivity index (χ0) is 14.0. The number of aliphatic hydroxyl groups excluding tert-OH is 1. The topological polar surface area (TPSA) is 29.5 Å². The molecule has 102 valence electrons. The number of aliphatic hydroxyl groups is 1. The van der Waals surface area contributed by atoms with Crippen LogP contribution in [-0.4, -0.2) is 17.3 Å². The molecule has 0 bridgehead atoms. The molecule has 1 aromatic rings. The van der Waals surface area contributed by atoms with Crippen LogP contribution in [0.2, 0.25) is 0 Å². The molecule has 0 aliphatic rings. The van der Waals surface area contributed by atoms with E-state index in [9.17, 15) is 18.3 Å². The summed E-state index contributed by atoms with van der Waals surface area (Å²) in [5, 5.41) is 9.80. The fourth-order valence-electron chi connectivity index (χ4n) is 1.46. The van der Waals surface area contributed by atoms with Crippen molar-refractivity contribution in [2.45, 2.75) is 38.7 Å². The van der Waals surface area contributed by atoms with E-state index < -0.39 is 23.4 Å². The number of hydrogen-bond acceptors (Lipinski definition) is 2. The van der Waals surface area contributed by atoms with Gasteiger partial charge in [-0.2, -0.15) is 13.2 Å². The Morgan fingerprint density at radius 3 is 2.22 bits per heavy atom. The Morgan fingerprint density at radius 1 is 1.17 bits per heavy atom. The van der Waals surface area contributed by atoms with Gasteiger partial charge in [0.15, 0.2) is 0 Å². The molecule has 5 heteroatoms. The second-order valence-corrected chi connectivity index (χ2v) is 5.02. The van der Waals surface area contributed by atoms with Gasteiger partial charge in [-0.15, -0.1) is 0 Å². The first-order valence-electron chi connectivity index (χ1n) is 5.59. The van der Waals surface area contributed by atoms with Crippen LogP contribution in [0.25, 0.3) is 0 Å². The second-order valence-electron chi connectivity index (χ2n) is 5.02. The van der Waals surface area contributed by atoms with Gasteiger partial charge >= 0.3 is 6.18 Å². The van der Waals surface area contributed by atoms with Gasteiger partial charge in [-0.1, -0.05) is 18.2 Å². The Hall–Kier alpha value is -1.07. The molecule has 2 nitrogen and oxygen atoms in total. The summed E-state index contributed by atoms with van der Waals surface area (Å²) in [6.07, 6.45) is -5.76. The maximum absolute atomic E-state index is 12.7. The first-order chi connectivity index (χ1) is 8.11. The molecular weight excluding hydrogens is 245 g/mol. The maximum Gasteiger partial charge on any atom is 0.416 e. The lowest BCUT2D eigenvalue weighted by Gasteiger charge is -2.23. The van der Waals surface area contributed by atoms with Gasteiger partial charge in [0, 0.05) is 0 Å². The number of hydrogen-bond donors (Lipinski definition) is 1. The standard InChI is InChI=1S/C13H17F3O2/c1-12(2,3)18-8-11(17)9-6-4-5-7-10(9)13(14,15)16/h4-7,11,17H,8H2,1-3H3. The predicted octanol–water partition coefficient (Wildman–Crippen LogP) is 3.55. The van der Waals surface area contributed by atoms with E-state index in [-0.39, 0.29) is 12.2 Å². The van der Waals surface area contributed by atoms with Crippen molar-refractivity contribution < 1.29 is 23.0 Å². The average Bonchev–Trinajstić information content (AvgIpc) is 2.24. The molecule has 1 atom stereocenters. The van der Waals surface area contributed by atoms with Crippen LogP contribution >= 0.6 is 0 Å². The van der Waals surface area contributed by atoms with Gasteiger partial charge in [0.05, 0.1) is 17.8 Å². The van der Waals surface area contributed by atoms with E-state index in [0.717, 1.165) is 6.07 Å². The van der Waals surface area contributed by atoms with Crippen molar-refractivity contribution in [3.8, 4) is 0 Å². The van der Waals surface area contributed by atoms with Gasteiger partial charge < -0.3 is 9.84 Å². The van der Waals surface area contributed by atoms with E-state index in [1.807, 2.05) is 0 Å². The first-order valence-corrected chi connectivity index (χ1v) is 5.59. The van der Waals surface area contributed by atoms with Gasteiger partial charge in [0.1, 0.15) is 6.10 Å². The van der Waals surface area contributed by atoms with E-state index >= 15 is 0 Å². The lowest BCUT2D eigenvalue weighted by Crippen LogP contribution is -2.24. The van der Waals surface area contributed by atoms with Gasteiger partial charge in [0.2, 0.25) is 0 Å². The van der Waals surface area contributed by atoms with Gasteiger partial charge in [-0.3, -0.25) is 0 Å². The molecule has 1 aromatic carbocycles. The summed E-state index contributed by atoms with van der Waals surface area (Å²) in [6.45, 7) is 5.15.